The van der Waals surface area contributed by atoms with Gasteiger partial charge in [-0.2, -0.15) is 5.10 Å². The van der Waals surface area contributed by atoms with E-state index in [2.05, 4.69) is 22.2 Å². The van der Waals surface area contributed by atoms with Gasteiger partial charge in [-0.1, -0.05) is 56.1 Å². The highest BCUT2D eigenvalue weighted by Crippen LogP contribution is 2.46. The molecule has 0 bridgehead atoms. The van der Waals surface area contributed by atoms with Gasteiger partial charge in [0.2, 0.25) is 0 Å². The minimum Gasteiger partial charge on any atom is -0.488 e. The summed E-state index contributed by atoms with van der Waals surface area (Å²) in [5.41, 5.74) is 1.25. The largest absolute Gasteiger partial charge is 0.488 e. The number of aromatic nitrogens is 3. The first kappa shape index (κ1) is 19.0. The highest BCUT2D eigenvalue weighted by molar-refractivity contribution is 6.35. The Kier molecular flexibility index (Phi) is 5.17. The Bertz CT molecular complexity index is 815. The Labute approximate surface area is 162 Å². The van der Waals surface area contributed by atoms with Gasteiger partial charge in [0.05, 0.1) is 16.8 Å². The quantitative estimate of drug-likeness (QED) is 0.450. The number of nitrogens with zero attached hydrogens (tertiary/aromatic N) is 4. The second-order valence-corrected chi connectivity index (χ2v) is 8.46. The molecule has 140 valence electrons. The van der Waals surface area contributed by atoms with E-state index in [-0.39, 0.29) is 23.5 Å². The van der Waals surface area contributed by atoms with Gasteiger partial charge < -0.3 is 9.94 Å². The van der Waals surface area contributed by atoms with E-state index in [1.54, 1.807) is 17.1 Å². The van der Waals surface area contributed by atoms with E-state index < -0.39 is 0 Å². The summed E-state index contributed by atoms with van der Waals surface area (Å²) in [7, 11) is 0. The molecular formula is C18H22Cl2N4O2. The van der Waals surface area contributed by atoms with Gasteiger partial charge in [0.25, 0.3) is 0 Å². The zero-order valence-electron chi connectivity index (χ0n) is 15.1. The number of hydrogen-bond donors (Lipinski definition) is 1. The Balaban J connectivity index is 1.93. The molecule has 8 heteroatoms. The maximum Gasteiger partial charge on any atom is 0.142 e. The Hall–Kier alpha value is -1.79. The summed E-state index contributed by atoms with van der Waals surface area (Å²) in [4.78, 5) is 4.04. The predicted octanol–water partition coefficient (Wildman–Crippen LogP) is 4.96. The molecule has 1 aromatic carbocycles. The average Bonchev–Trinajstić information content (AvgIpc) is 3.16. The molecule has 1 aromatic heterocycles. The van der Waals surface area contributed by atoms with Crippen LogP contribution in [-0.4, -0.2) is 31.8 Å². The van der Waals surface area contributed by atoms with E-state index in [1.807, 2.05) is 26.8 Å². The first-order chi connectivity index (χ1) is 12.2. The third-order valence-electron chi connectivity index (χ3n) is 4.76. The fourth-order valence-electron chi connectivity index (χ4n) is 3.41. The van der Waals surface area contributed by atoms with E-state index in [0.29, 0.717) is 27.9 Å². The van der Waals surface area contributed by atoms with E-state index in [0.717, 1.165) is 5.56 Å². The molecule has 3 rings (SSSR count). The zero-order chi connectivity index (χ0) is 19.1. The number of fused-ring (bicyclic) bond motifs is 1. The number of benzene rings is 1. The van der Waals surface area contributed by atoms with Crippen molar-refractivity contribution in [1.29, 1.82) is 0 Å². The molecule has 0 radical (unpaired) electrons. The molecular weight excluding hydrogens is 375 g/mol. The molecule has 3 unspecified atom stereocenters. The van der Waals surface area contributed by atoms with Crippen LogP contribution in [0.4, 0.5) is 0 Å². The van der Waals surface area contributed by atoms with Gasteiger partial charge >= 0.3 is 0 Å². The summed E-state index contributed by atoms with van der Waals surface area (Å²) in [6, 6.07) is 3.28. The van der Waals surface area contributed by atoms with Gasteiger partial charge in [-0.3, -0.25) is 0 Å². The summed E-state index contributed by atoms with van der Waals surface area (Å²) in [6.07, 6.45) is 3.49. The topological polar surface area (TPSA) is 72.5 Å². The van der Waals surface area contributed by atoms with Crippen LogP contribution in [-0.2, 0) is 0 Å². The van der Waals surface area contributed by atoms with E-state index in [1.165, 1.54) is 6.33 Å². The van der Waals surface area contributed by atoms with Crippen molar-refractivity contribution in [2.75, 3.05) is 0 Å². The van der Waals surface area contributed by atoms with Crippen molar-refractivity contribution in [3.63, 3.8) is 0 Å². The standard InChI is InChI=1S/C18H22Cl2N4O2/c1-10-12-5-11(19)6-13(20)16(12)26-15(10)7-14(24-9-21-8-22-24)17(23-25)18(2,3)4/h5-6,8-10,14-15,25H,7H2,1-4H3. The second kappa shape index (κ2) is 7.08. The lowest BCUT2D eigenvalue weighted by Gasteiger charge is -2.30. The minimum atomic E-state index is -0.346. The number of oxime groups is 1. The van der Waals surface area contributed by atoms with E-state index >= 15 is 0 Å². The average molecular weight is 397 g/mol. The van der Waals surface area contributed by atoms with Crippen LogP contribution in [0.3, 0.4) is 0 Å². The summed E-state index contributed by atoms with van der Waals surface area (Å²) in [6.45, 7) is 8.07. The van der Waals surface area contributed by atoms with E-state index in [9.17, 15) is 5.21 Å². The van der Waals surface area contributed by atoms with Crippen LogP contribution in [0.5, 0.6) is 5.75 Å². The van der Waals surface area contributed by atoms with Gasteiger partial charge in [-0.15, -0.1) is 0 Å². The highest BCUT2D eigenvalue weighted by atomic mass is 35.5. The number of halogens is 2. The lowest BCUT2D eigenvalue weighted by Crippen LogP contribution is -2.35. The molecule has 0 spiro atoms. The molecule has 26 heavy (non-hydrogen) atoms. The van der Waals surface area contributed by atoms with Crippen molar-refractivity contribution < 1.29 is 9.94 Å². The number of ether oxygens (including phenoxy) is 1. The highest BCUT2D eigenvalue weighted by Gasteiger charge is 2.39. The summed E-state index contributed by atoms with van der Waals surface area (Å²) >= 11 is 12.5. The molecule has 0 aliphatic carbocycles. The molecule has 3 atom stereocenters. The van der Waals surface area contributed by atoms with Crippen LogP contribution < -0.4 is 4.74 Å². The third kappa shape index (κ3) is 3.53. The molecule has 1 aliphatic heterocycles. The number of hydrogen-bond acceptors (Lipinski definition) is 5. The van der Waals surface area contributed by atoms with Crippen molar-refractivity contribution in [3.05, 3.63) is 40.4 Å². The lowest BCUT2D eigenvalue weighted by atomic mass is 9.82. The molecule has 0 saturated heterocycles. The zero-order valence-corrected chi connectivity index (χ0v) is 16.7. The second-order valence-electron chi connectivity index (χ2n) is 7.61. The SMILES string of the molecule is CC1c2cc(Cl)cc(Cl)c2OC1CC(C(=NO)C(C)(C)C)n1cncn1. The van der Waals surface area contributed by atoms with Crippen LogP contribution >= 0.6 is 23.2 Å². The first-order valence-electron chi connectivity index (χ1n) is 8.44. The number of rotatable bonds is 4. The summed E-state index contributed by atoms with van der Waals surface area (Å²) in [5, 5.41) is 18.6. The fraction of sp³-hybridized carbons (Fsp3) is 0.500. The van der Waals surface area contributed by atoms with Crippen LogP contribution in [0.1, 0.15) is 51.6 Å². The van der Waals surface area contributed by atoms with Crippen molar-refractivity contribution in [1.82, 2.24) is 14.8 Å². The van der Waals surface area contributed by atoms with Gasteiger partial charge in [-0.25, -0.2) is 9.67 Å². The van der Waals surface area contributed by atoms with Gasteiger partial charge in [0, 0.05) is 28.3 Å². The van der Waals surface area contributed by atoms with Gasteiger partial charge in [-0.05, 0) is 12.1 Å². The third-order valence-corrected chi connectivity index (χ3v) is 5.26. The maximum absolute atomic E-state index is 9.67. The maximum atomic E-state index is 9.67. The van der Waals surface area contributed by atoms with Crippen molar-refractivity contribution in [2.24, 2.45) is 10.6 Å². The lowest BCUT2D eigenvalue weighted by molar-refractivity contribution is 0.181. The molecule has 1 aliphatic rings. The Morgan fingerprint density at radius 1 is 1.38 bits per heavy atom. The molecule has 0 fully saturated rings. The normalized spacial score (nSPS) is 21.4. The smallest absolute Gasteiger partial charge is 0.142 e. The summed E-state index contributed by atoms with van der Waals surface area (Å²) < 4.78 is 7.85. The first-order valence-corrected chi connectivity index (χ1v) is 9.20. The molecule has 0 amide bonds. The van der Waals surface area contributed by atoms with Gasteiger partial charge in [0.1, 0.15) is 24.5 Å². The molecule has 2 heterocycles. The molecule has 0 saturated carbocycles. The van der Waals surface area contributed by atoms with Crippen LogP contribution in [0.15, 0.2) is 29.9 Å². The monoisotopic (exact) mass is 396 g/mol. The molecule has 1 N–H and O–H groups in total. The molecule has 6 nitrogen and oxygen atoms in total. The minimum absolute atomic E-state index is 0.0899. The van der Waals surface area contributed by atoms with Gasteiger partial charge in [0.15, 0.2) is 0 Å². The van der Waals surface area contributed by atoms with Crippen molar-refractivity contribution in [2.45, 2.75) is 52.2 Å². The fourth-order valence-corrected chi connectivity index (χ4v) is 3.96. The molecule has 2 aromatic rings. The Morgan fingerprint density at radius 2 is 2.12 bits per heavy atom. The van der Waals surface area contributed by atoms with Crippen LogP contribution in [0.2, 0.25) is 10.0 Å². The predicted molar refractivity (Wildman–Crippen MR) is 102 cm³/mol. The van der Waals surface area contributed by atoms with Crippen molar-refractivity contribution >= 4 is 28.9 Å². The van der Waals surface area contributed by atoms with Crippen LogP contribution in [0.25, 0.3) is 0 Å². The van der Waals surface area contributed by atoms with Crippen molar-refractivity contribution in [3.8, 4) is 5.75 Å². The van der Waals surface area contributed by atoms with Crippen LogP contribution in [0, 0.1) is 5.41 Å². The summed E-state index contributed by atoms with van der Waals surface area (Å²) in [5.74, 6) is 0.760. The Morgan fingerprint density at radius 3 is 2.69 bits per heavy atom. The van der Waals surface area contributed by atoms with E-state index in [4.69, 9.17) is 27.9 Å².